The van der Waals surface area contributed by atoms with Crippen LogP contribution in [0.1, 0.15) is 29.8 Å². The van der Waals surface area contributed by atoms with Gasteiger partial charge in [-0.05, 0) is 38.1 Å². The molecule has 22 heavy (non-hydrogen) atoms. The fourth-order valence-corrected chi connectivity index (χ4v) is 3.01. The fourth-order valence-electron chi connectivity index (χ4n) is 3.01. The zero-order valence-electron chi connectivity index (χ0n) is 12.3. The van der Waals surface area contributed by atoms with Crippen LogP contribution in [0.4, 0.5) is 0 Å². The van der Waals surface area contributed by atoms with Crippen LogP contribution in [0.25, 0.3) is 27.9 Å². The average Bonchev–Trinajstić information content (AvgIpc) is 2.82. The van der Waals surface area contributed by atoms with Crippen molar-refractivity contribution in [2.45, 2.75) is 19.4 Å². The van der Waals surface area contributed by atoms with E-state index in [2.05, 4.69) is 11.1 Å². The predicted octanol–water partition coefficient (Wildman–Crippen LogP) is 4.02. The largest absolute Gasteiger partial charge is 0.507 e. The van der Waals surface area contributed by atoms with Gasteiger partial charge in [0.25, 0.3) is 0 Å². The monoisotopic (exact) mass is 293 g/mol. The number of benzene rings is 2. The lowest BCUT2D eigenvalue weighted by Crippen LogP contribution is -2.27. The van der Waals surface area contributed by atoms with E-state index in [9.17, 15) is 9.90 Å². The molecule has 2 N–H and O–H groups in total. The second-order valence-corrected chi connectivity index (χ2v) is 6.14. The summed E-state index contributed by atoms with van der Waals surface area (Å²) in [5, 5.41) is 11.8. The van der Waals surface area contributed by atoms with Gasteiger partial charge < -0.3 is 14.8 Å². The molecule has 4 rings (SSSR count). The average molecular weight is 293 g/mol. The smallest absolute Gasteiger partial charge is 0.153 e. The van der Waals surface area contributed by atoms with Crippen molar-refractivity contribution in [2.75, 3.05) is 0 Å². The molecule has 0 amide bonds. The van der Waals surface area contributed by atoms with E-state index in [1.165, 1.54) is 0 Å². The number of fused-ring (bicyclic) bond motifs is 5. The second-order valence-electron chi connectivity index (χ2n) is 6.14. The molecule has 0 saturated carbocycles. The molecule has 0 unspecified atom stereocenters. The van der Waals surface area contributed by atoms with Crippen LogP contribution in [0.5, 0.6) is 11.5 Å². The highest BCUT2D eigenvalue weighted by Crippen LogP contribution is 2.40. The molecule has 3 aromatic rings. The Morgan fingerprint density at radius 1 is 1.23 bits per heavy atom. The van der Waals surface area contributed by atoms with E-state index in [-0.39, 0.29) is 16.9 Å². The second kappa shape index (κ2) is 4.13. The van der Waals surface area contributed by atoms with E-state index in [1.807, 2.05) is 32.1 Å². The van der Waals surface area contributed by atoms with Gasteiger partial charge >= 0.3 is 0 Å². The molecule has 0 bridgehead atoms. The maximum absolute atomic E-state index is 11.1. The van der Waals surface area contributed by atoms with Gasteiger partial charge in [-0.2, -0.15) is 0 Å². The normalized spacial score (nSPS) is 15.7. The number of aromatic nitrogens is 1. The van der Waals surface area contributed by atoms with Crippen molar-refractivity contribution in [3.8, 4) is 11.5 Å². The van der Waals surface area contributed by atoms with Gasteiger partial charge in [0.05, 0.1) is 11.1 Å². The number of aromatic amines is 1. The summed E-state index contributed by atoms with van der Waals surface area (Å²) in [5.41, 5.74) is 2.69. The zero-order chi connectivity index (χ0) is 15.5. The number of phenols is 1. The fraction of sp³-hybridized carbons (Fsp3) is 0.167. The summed E-state index contributed by atoms with van der Waals surface area (Å²) in [6.07, 6.45) is 4.75. The van der Waals surface area contributed by atoms with Crippen LogP contribution in [-0.4, -0.2) is 22.0 Å². The number of phenolic OH excluding ortho intramolecular Hbond substituents is 1. The van der Waals surface area contributed by atoms with Crippen molar-refractivity contribution < 1.29 is 14.6 Å². The highest BCUT2D eigenvalue weighted by molar-refractivity contribution is 6.13. The van der Waals surface area contributed by atoms with Gasteiger partial charge in [-0.15, -0.1) is 0 Å². The Morgan fingerprint density at radius 3 is 2.82 bits per heavy atom. The van der Waals surface area contributed by atoms with Gasteiger partial charge in [0, 0.05) is 27.9 Å². The summed E-state index contributed by atoms with van der Waals surface area (Å²) < 4.78 is 6.01. The number of aldehydes is 1. The molecule has 0 fully saturated rings. The Labute approximate surface area is 127 Å². The zero-order valence-corrected chi connectivity index (χ0v) is 12.3. The third kappa shape index (κ3) is 1.73. The number of hydrogen-bond donors (Lipinski definition) is 2. The Balaban J connectivity index is 2.11. The number of nitrogens with one attached hydrogen (secondary N) is 1. The molecule has 1 aromatic heterocycles. The summed E-state index contributed by atoms with van der Waals surface area (Å²) in [7, 11) is 0. The first kappa shape index (κ1) is 13.0. The molecule has 2 heterocycles. The molecule has 4 heteroatoms. The quantitative estimate of drug-likeness (QED) is 0.666. The Bertz CT molecular complexity index is 964. The van der Waals surface area contributed by atoms with Crippen molar-refractivity contribution in [1.82, 2.24) is 4.98 Å². The van der Waals surface area contributed by atoms with E-state index in [0.717, 1.165) is 33.1 Å². The van der Waals surface area contributed by atoms with Gasteiger partial charge in [0.15, 0.2) is 6.29 Å². The number of carbonyl (C=O) groups excluding carboxylic acids is 1. The maximum atomic E-state index is 11.1. The van der Waals surface area contributed by atoms with Crippen LogP contribution in [0.2, 0.25) is 0 Å². The minimum absolute atomic E-state index is 0.0177. The van der Waals surface area contributed by atoms with Crippen LogP contribution < -0.4 is 4.74 Å². The minimum Gasteiger partial charge on any atom is -0.507 e. The standard InChI is InChI=1S/C18H15NO3/c1-18(2)6-5-11-16(22-18)4-3-13-17(11)12-7-10(9-20)15(21)8-14(12)19-13/h3-9,19,21H,1-2H3. The van der Waals surface area contributed by atoms with E-state index >= 15 is 0 Å². The van der Waals surface area contributed by atoms with E-state index < -0.39 is 0 Å². The van der Waals surface area contributed by atoms with Crippen molar-refractivity contribution in [3.63, 3.8) is 0 Å². The van der Waals surface area contributed by atoms with Gasteiger partial charge in [0.1, 0.15) is 17.1 Å². The lowest BCUT2D eigenvalue weighted by Gasteiger charge is -2.28. The van der Waals surface area contributed by atoms with Crippen molar-refractivity contribution in [2.24, 2.45) is 0 Å². The maximum Gasteiger partial charge on any atom is 0.153 e. The summed E-state index contributed by atoms with van der Waals surface area (Å²) in [4.78, 5) is 14.4. The third-order valence-electron chi connectivity index (χ3n) is 4.06. The molecule has 1 aliphatic heterocycles. The van der Waals surface area contributed by atoms with Crippen molar-refractivity contribution in [1.29, 1.82) is 0 Å². The lowest BCUT2D eigenvalue weighted by molar-refractivity contribution is 0.112. The van der Waals surface area contributed by atoms with Crippen LogP contribution in [0.15, 0.2) is 30.3 Å². The van der Waals surface area contributed by atoms with Gasteiger partial charge in [0.2, 0.25) is 0 Å². The van der Waals surface area contributed by atoms with Crippen molar-refractivity contribution >= 4 is 34.2 Å². The molecule has 0 aliphatic carbocycles. The van der Waals surface area contributed by atoms with Gasteiger partial charge in [-0.3, -0.25) is 4.79 Å². The minimum atomic E-state index is -0.334. The van der Waals surface area contributed by atoms with Crippen molar-refractivity contribution in [3.05, 3.63) is 41.5 Å². The first-order valence-electron chi connectivity index (χ1n) is 7.13. The number of aromatic hydroxyl groups is 1. The third-order valence-corrected chi connectivity index (χ3v) is 4.06. The molecular formula is C18H15NO3. The molecule has 0 atom stereocenters. The lowest BCUT2D eigenvalue weighted by atomic mass is 9.98. The van der Waals surface area contributed by atoms with E-state index in [1.54, 1.807) is 12.1 Å². The molecule has 0 saturated heterocycles. The number of H-pyrrole nitrogens is 1. The van der Waals surface area contributed by atoms with Crippen LogP contribution in [0, 0.1) is 0 Å². The topological polar surface area (TPSA) is 62.3 Å². The Hall–Kier alpha value is -2.75. The summed E-state index contributed by atoms with van der Waals surface area (Å²) in [6, 6.07) is 7.20. The van der Waals surface area contributed by atoms with E-state index in [4.69, 9.17) is 4.74 Å². The molecule has 4 nitrogen and oxygen atoms in total. The first-order chi connectivity index (χ1) is 10.5. The van der Waals surface area contributed by atoms with Crippen LogP contribution in [0.3, 0.4) is 0 Å². The highest BCUT2D eigenvalue weighted by atomic mass is 16.5. The number of carbonyl (C=O) groups is 1. The summed E-state index contributed by atoms with van der Waals surface area (Å²) in [6.45, 7) is 4.02. The number of hydrogen-bond acceptors (Lipinski definition) is 3. The summed E-state index contributed by atoms with van der Waals surface area (Å²) in [5.74, 6) is 0.803. The molecule has 1 aliphatic rings. The van der Waals surface area contributed by atoms with E-state index in [0.29, 0.717) is 6.29 Å². The van der Waals surface area contributed by atoms with Crippen LogP contribution >= 0.6 is 0 Å². The Kier molecular flexibility index (Phi) is 2.43. The Morgan fingerprint density at radius 2 is 2.05 bits per heavy atom. The number of rotatable bonds is 1. The molecule has 2 aromatic carbocycles. The SMILES string of the molecule is CC1(C)C=Cc2c(ccc3[nH]c4cc(O)c(C=O)cc4c23)O1. The van der Waals surface area contributed by atoms with Crippen LogP contribution in [-0.2, 0) is 0 Å². The number of ether oxygens (including phenoxy) is 1. The van der Waals surface area contributed by atoms with Gasteiger partial charge in [-0.25, -0.2) is 0 Å². The molecule has 0 spiro atoms. The molecular weight excluding hydrogens is 278 g/mol. The highest BCUT2D eigenvalue weighted by Gasteiger charge is 2.24. The molecule has 110 valence electrons. The molecule has 0 radical (unpaired) electrons. The first-order valence-corrected chi connectivity index (χ1v) is 7.13. The van der Waals surface area contributed by atoms with Gasteiger partial charge in [-0.1, -0.05) is 6.08 Å². The predicted molar refractivity (Wildman–Crippen MR) is 86.6 cm³/mol. The summed E-state index contributed by atoms with van der Waals surface area (Å²) >= 11 is 0.